The van der Waals surface area contributed by atoms with Crippen LogP contribution in [0.1, 0.15) is 23.1 Å². The Balaban J connectivity index is 1.46. The molecule has 2 N–H and O–H groups in total. The summed E-state index contributed by atoms with van der Waals surface area (Å²) in [6.45, 7) is 5.66. The summed E-state index contributed by atoms with van der Waals surface area (Å²) < 4.78 is 0. The Morgan fingerprint density at radius 3 is 2.35 bits per heavy atom. The van der Waals surface area contributed by atoms with Crippen LogP contribution in [0.4, 0.5) is 23.5 Å². The number of hydrogen-bond acceptors (Lipinski definition) is 9. The third-order valence-electron chi connectivity index (χ3n) is 4.94. The van der Waals surface area contributed by atoms with Gasteiger partial charge in [0.1, 0.15) is 5.82 Å². The Morgan fingerprint density at radius 2 is 1.68 bits per heavy atom. The zero-order chi connectivity index (χ0) is 21.6. The summed E-state index contributed by atoms with van der Waals surface area (Å²) >= 11 is 0. The zero-order valence-electron chi connectivity index (χ0n) is 17.6. The SMILES string of the molecule is CCc1nc(Nc2ncc(C(=O)Nc3ccccc3)cn2)nc(N2CCN(C)CC2)n1. The molecule has 0 unspecified atom stereocenters. The minimum Gasteiger partial charge on any atom is -0.338 e. The van der Waals surface area contributed by atoms with E-state index in [1.54, 1.807) is 0 Å². The van der Waals surface area contributed by atoms with Crippen LogP contribution in [0.3, 0.4) is 0 Å². The molecule has 3 heterocycles. The molecule has 1 aliphatic heterocycles. The number of benzene rings is 1. The van der Waals surface area contributed by atoms with Crippen LogP contribution in [0.2, 0.25) is 0 Å². The smallest absolute Gasteiger partial charge is 0.258 e. The normalized spacial score (nSPS) is 14.3. The second-order valence-electron chi connectivity index (χ2n) is 7.26. The summed E-state index contributed by atoms with van der Waals surface area (Å²) in [6.07, 6.45) is 3.63. The molecule has 1 amide bonds. The average molecular weight is 419 g/mol. The first-order valence-electron chi connectivity index (χ1n) is 10.2. The molecule has 0 radical (unpaired) electrons. The van der Waals surface area contributed by atoms with Gasteiger partial charge in [-0.1, -0.05) is 25.1 Å². The van der Waals surface area contributed by atoms with Crippen LogP contribution in [-0.2, 0) is 6.42 Å². The Morgan fingerprint density at radius 1 is 0.968 bits per heavy atom. The highest BCUT2D eigenvalue weighted by Gasteiger charge is 2.18. The molecule has 10 heteroatoms. The largest absolute Gasteiger partial charge is 0.338 e. The van der Waals surface area contributed by atoms with Crippen molar-refractivity contribution in [3.05, 3.63) is 54.1 Å². The van der Waals surface area contributed by atoms with E-state index in [2.05, 4.69) is 52.4 Å². The molecule has 3 aromatic rings. The quantitative estimate of drug-likeness (QED) is 0.619. The maximum absolute atomic E-state index is 12.4. The van der Waals surface area contributed by atoms with Crippen molar-refractivity contribution in [3.63, 3.8) is 0 Å². The van der Waals surface area contributed by atoms with Gasteiger partial charge in [-0.25, -0.2) is 9.97 Å². The van der Waals surface area contributed by atoms with Gasteiger partial charge in [0.2, 0.25) is 17.8 Å². The van der Waals surface area contributed by atoms with E-state index in [0.29, 0.717) is 41.3 Å². The number of anilines is 4. The molecule has 10 nitrogen and oxygen atoms in total. The van der Waals surface area contributed by atoms with Gasteiger partial charge in [0.05, 0.1) is 5.56 Å². The Kier molecular flexibility index (Phi) is 6.27. The number of aromatic nitrogens is 5. The number of likely N-dealkylation sites (N-methyl/N-ethyl adjacent to an activating group) is 1. The van der Waals surface area contributed by atoms with Crippen molar-refractivity contribution in [1.82, 2.24) is 29.8 Å². The molecular formula is C21H25N9O. The van der Waals surface area contributed by atoms with Crippen molar-refractivity contribution in [3.8, 4) is 0 Å². The molecule has 31 heavy (non-hydrogen) atoms. The summed E-state index contributed by atoms with van der Waals surface area (Å²) in [5.74, 6) is 1.78. The fourth-order valence-corrected chi connectivity index (χ4v) is 3.10. The van der Waals surface area contributed by atoms with Crippen LogP contribution in [0.25, 0.3) is 0 Å². The highest BCUT2D eigenvalue weighted by atomic mass is 16.1. The van der Waals surface area contributed by atoms with Gasteiger partial charge < -0.3 is 15.1 Å². The van der Waals surface area contributed by atoms with E-state index in [9.17, 15) is 4.79 Å². The molecule has 160 valence electrons. The number of nitrogens with one attached hydrogen (secondary N) is 2. The summed E-state index contributed by atoms with van der Waals surface area (Å²) in [5.41, 5.74) is 1.07. The molecule has 0 bridgehead atoms. The van der Waals surface area contributed by atoms with Gasteiger partial charge in [-0.15, -0.1) is 0 Å². The van der Waals surface area contributed by atoms with Crippen LogP contribution in [0.5, 0.6) is 0 Å². The van der Waals surface area contributed by atoms with Gasteiger partial charge >= 0.3 is 0 Å². The molecule has 4 rings (SSSR count). The van der Waals surface area contributed by atoms with E-state index in [-0.39, 0.29) is 5.91 Å². The first-order valence-corrected chi connectivity index (χ1v) is 10.2. The molecule has 1 aromatic carbocycles. The molecule has 0 saturated carbocycles. The van der Waals surface area contributed by atoms with Crippen molar-refractivity contribution >= 4 is 29.4 Å². The number of para-hydroxylation sites is 1. The molecule has 0 aliphatic carbocycles. The van der Waals surface area contributed by atoms with Crippen molar-refractivity contribution in [1.29, 1.82) is 0 Å². The van der Waals surface area contributed by atoms with Crippen LogP contribution in [0.15, 0.2) is 42.7 Å². The predicted octanol–water partition coefficient (Wildman–Crippen LogP) is 1.97. The number of amides is 1. The Bertz CT molecular complexity index is 1020. The van der Waals surface area contributed by atoms with E-state index in [1.165, 1.54) is 12.4 Å². The monoisotopic (exact) mass is 419 g/mol. The van der Waals surface area contributed by atoms with E-state index in [1.807, 2.05) is 37.3 Å². The first kappa shape index (κ1) is 20.6. The fraction of sp³-hybridized carbons (Fsp3) is 0.333. The molecule has 0 atom stereocenters. The second-order valence-corrected chi connectivity index (χ2v) is 7.26. The van der Waals surface area contributed by atoms with Gasteiger partial charge in [0, 0.05) is 50.7 Å². The molecule has 1 saturated heterocycles. The lowest BCUT2D eigenvalue weighted by atomic mass is 10.3. The molecular weight excluding hydrogens is 394 g/mol. The van der Waals surface area contributed by atoms with E-state index in [0.717, 1.165) is 26.2 Å². The Hall–Kier alpha value is -3.66. The molecule has 0 spiro atoms. The summed E-state index contributed by atoms with van der Waals surface area (Å²) in [6, 6.07) is 9.24. The lowest BCUT2D eigenvalue weighted by Gasteiger charge is -2.32. The molecule has 1 fully saturated rings. The number of carbonyl (C=O) groups is 1. The summed E-state index contributed by atoms with van der Waals surface area (Å²) in [7, 11) is 2.11. The third-order valence-corrected chi connectivity index (χ3v) is 4.94. The molecule has 2 aromatic heterocycles. The molecule has 1 aliphatic rings. The minimum atomic E-state index is -0.275. The number of piperazine rings is 1. The van der Waals surface area contributed by atoms with Gasteiger partial charge in [0.25, 0.3) is 5.91 Å². The number of carbonyl (C=O) groups excluding carboxylic acids is 1. The van der Waals surface area contributed by atoms with E-state index < -0.39 is 0 Å². The summed E-state index contributed by atoms with van der Waals surface area (Å²) in [5, 5.41) is 5.84. The predicted molar refractivity (Wildman–Crippen MR) is 119 cm³/mol. The van der Waals surface area contributed by atoms with Crippen LogP contribution in [-0.4, -0.2) is 69.0 Å². The van der Waals surface area contributed by atoms with Gasteiger partial charge in [-0.3, -0.25) is 10.1 Å². The summed E-state index contributed by atoms with van der Waals surface area (Å²) in [4.78, 5) is 38.8. The maximum atomic E-state index is 12.4. The van der Waals surface area contributed by atoms with E-state index >= 15 is 0 Å². The average Bonchev–Trinajstić information content (AvgIpc) is 2.80. The van der Waals surface area contributed by atoms with E-state index in [4.69, 9.17) is 0 Å². The van der Waals surface area contributed by atoms with Crippen LogP contribution < -0.4 is 15.5 Å². The number of aryl methyl sites for hydroxylation is 1. The van der Waals surface area contributed by atoms with Gasteiger partial charge in [-0.2, -0.15) is 15.0 Å². The number of hydrogen-bond donors (Lipinski definition) is 2. The van der Waals surface area contributed by atoms with Crippen LogP contribution >= 0.6 is 0 Å². The highest BCUT2D eigenvalue weighted by molar-refractivity contribution is 6.03. The minimum absolute atomic E-state index is 0.275. The van der Waals surface area contributed by atoms with Crippen molar-refractivity contribution in [2.75, 3.05) is 48.8 Å². The number of nitrogens with zero attached hydrogens (tertiary/aromatic N) is 7. The lowest BCUT2D eigenvalue weighted by molar-refractivity contribution is 0.102. The topological polar surface area (TPSA) is 112 Å². The zero-order valence-corrected chi connectivity index (χ0v) is 17.6. The number of rotatable bonds is 6. The Labute approximate surface area is 180 Å². The van der Waals surface area contributed by atoms with Crippen molar-refractivity contribution < 1.29 is 4.79 Å². The lowest BCUT2D eigenvalue weighted by Crippen LogP contribution is -2.45. The maximum Gasteiger partial charge on any atom is 0.258 e. The van der Waals surface area contributed by atoms with Crippen molar-refractivity contribution in [2.24, 2.45) is 0 Å². The van der Waals surface area contributed by atoms with Crippen LogP contribution in [0, 0.1) is 0 Å². The fourth-order valence-electron chi connectivity index (χ4n) is 3.10. The van der Waals surface area contributed by atoms with Gasteiger partial charge in [0.15, 0.2) is 0 Å². The second kappa shape index (κ2) is 9.43. The first-order chi connectivity index (χ1) is 15.1. The highest BCUT2D eigenvalue weighted by Crippen LogP contribution is 2.16. The van der Waals surface area contributed by atoms with Gasteiger partial charge in [-0.05, 0) is 19.2 Å². The third kappa shape index (κ3) is 5.28. The standard InChI is InChI=1S/C21H25N9O/c1-3-17-25-20(28-21(26-17)30-11-9-29(2)10-12-30)27-19-22-13-15(14-23-19)18(31)24-16-7-5-4-6-8-16/h4-8,13-14H,3,9-12H2,1-2H3,(H,24,31)(H,22,23,25,26,27,28). The van der Waals surface area contributed by atoms with Crippen molar-refractivity contribution in [2.45, 2.75) is 13.3 Å².